The number of esters is 1. The van der Waals surface area contributed by atoms with Gasteiger partial charge in [-0.05, 0) is 31.3 Å². The highest BCUT2D eigenvalue weighted by molar-refractivity contribution is 7.99. The van der Waals surface area contributed by atoms with Crippen LogP contribution in [-0.4, -0.2) is 30.1 Å². The van der Waals surface area contributed by atoms with E-state index in [0.29, 0.717) is 6.61 Å². The highest BCUT2D eigenvalue weighted by Gasteiger charge is 2.13. The van der Waals surface area contributed by atoms with Gasteiger partial charge < -0.3 is 10.5 Å². The molecule has 0 aliphatic rings. The van der Waals surface area contributed by atoms with Crippen molar-refractivity contribution in [1.29, 1.82) is 0 Å². The molecule has 2 N–H and O–H groups in total. The Hall–Kier alpha value is -0.220. The molecule has 0 spiro atoms. The molecule has 0 saturated carbocycles. The first-order valence-corrected chi connectivity index (χ1v) is 8.87. The fourth-order valence-corrected chi connectivity index (χ4v) is 2.87. The molecule has 0 bridgehead atoms. The molecule has 0 aromatic heterocycles. The van der Waals surface area contributed by atoms with Gasteiger partial charge in [0, 0.05) is 0 Å². The molecule has 1 unspecified atom stereocenters. The van der Waals surface area contributed by atoms with Crippen LogP contribution in [-0.2, 0) is 9.53 Å². The molecule has 4 heteroatoms. The summed E-state index contributed by atoms with van der Waals surface area (Å²) in [6.07, 6.45) is 10.2. The summed E-state index contributed by atoms with van der Waals surface area (Å²) >= 11 is 1.90. The molecule has 0 rings (SSSR count). The van der Waals surface area contributed by atoms with Gasteiger partial charge in [-0.2, -0.15) is 11.8 Å². The third-order valence-corrected chi connectivity index (χ3v) is 4.16. The zero-order chi connectivity index (χ0) is 14.3. The summed E-state index contributed by atoms with van der Waals surface area (Å²) < 4.78 is 4.87. The number of hydrogen-bond acceptors (Lipinski definition) is 4. The first-order chi connectivity index (χ1) is 9.22. The number of rotatable bonds is 13. The average Bonchev–Trinajstić information content (AvgIpc) is 2.41. The lowest BCUT2D eigenvalue weighted by Gasteiger charge is -2.09. The van der Waals surface area contributed by atoms with Crippen LogP contribution < -0.4 is 5.73 Å². The van der Waals surface area contributed by atoms with Crippen molar-refractivity contribution in [2.24, 2.45) is 5.73 Å². The van der Waals surface area contributed by atoms with E-state index in [4.69, 9.17) is 10.5 Å². The predicted molar refractivity (Wildman–Crippen MR) is 84.5 cm³/mol. The van der Waals surface area contributed by atoms with Crippen molar-refractivity contribution >= 4 is 17.7 Å². The maximum absolute atomic E-state index is 11.3. The smallest absolute Gasteiger partial charge is 0.322 e. The van der Waals surface area contributed by atoms with Gasteiger partial charge >= 0.3 is 5.97 Å². The van der Waals surface area contributed by atoms with Crippen LogP contribution in [0.4, 0.5) is 0 Å². The summed E-state index contributed by atoms with van der Waals surface area (Å²) in [6.45, 7) is 4.47. The number of hydrogen-bond donors (Lipinski definition) is 1. The van der Waals surface area contributed by atoms with Crippen LogP contribution in [0.1, 0.15) is 65.2 Å². The summed E-state index contributed by atoms with van der Waals surface area (Å²) in [5, 5.41) is 0. The van der Waals surface area contributed by atoms with Gasteiger partial charge in [-0.25, -0.2) is 0 Å². The third kappa shape index (κ3) is 12.6. The predicted octanol–water partition coefficient (Wildman–Crippen LogP) is 3.75. The Balaban J connectivity index is 3.20. The molecule has 0 aromatic carbocycles. The quantitative estimate of drug-likeness (QED) is 0.414. The average molecular weight is 289 g/mol. The number of nitrogens with two attached hydrogens (primary N) is 1. The minimum absolute atomic E-state index is 0.265. The lowest BCUT2D eigenvalue weighted by molar-refractivity contribution is -0.144. The van der Waals surface area contributed by atoms with Crippen molar-refractivity contribution < 1.29 is 9.53 Å². The van der Waals surface area contributed by atoms with Crippen LogP contribution >= 0.6 is 11.8 Å². The Kier molecular flexibility index (Phi) is 14.0. The second-order valence-corrected chi connectivity index (χ2v) is 6.11. The van der Waals surface area contributed by atoms with Gasteiger partial charge in [0.05, 0.1) is 6.61 Å². The highest BCUT2D eigenvalue weighted by atomic mass is 32.2. The minimum Gasteiger partial charge on any atom is -0.465 e. The number of unbranched alkanes of at least 4 members (excludes halogenated alkanes) is 6. The molecule has 19 heavy (non-hydrogen) atoms. The zero-order valence-corrected chi connectivity index (χ0v) is 13.5. The van der Waals surface area contributed by atoms with E-state index in [0.717, 1.165) is 12.2 Å². The molecular weight excluding hydrogens is 258 g/mol. The molecule has 0 saturated heterocycles. The van der Waals surface area contributed by atoms with Gasteiger partial charge in [0.2, 0.25) is 0 Å². The van der Waals surface area contributed by atoms with Gasteiger partial charge in [0.15, 0.2) is 0 Å². The van der Waals surface area contributed by atoms with Gasteiger partial charge in [0.25, 0.3) is 0 Å². The Labute approximate surface area is 123 Å². The van der Waals surface area contributed by atoms with Crippen LogP contribution in [0.2, 0.25) is 0 Å². The van der Waals surface area contributed by atoms with E-state index in [1.54, 1.807) is 6.92 Å². The highest BCUT2D eigenvalue weighted by Crippen LogP contribution is 2.11. The van der Waals surface area contributed by atoms with Crippen molar-refractivity contribution in [3.05, 3.63) is 0 Å². The number of carbonyl (C=O) groups excluding carboxylic acids is 1. The molecule has 0 fully saturated rings. The summed E-state index contributed by atoms with van der Waals surface area (Å²) in [5.41, 5.74) is 5.72. The van der Waals surface area contributed by atoms with E-state index in [1.807, 2.05) is 11.8 Å². The van der Waals surface area contributed by atoms with Crippen molar-refractivity contribution in [2.45, 2.75) is 71.3 Å². The molecule has 0 aliphatic carbocycles. The van der Waals surface area contributed by atoms with Gasteiger partial charge in [-0.3, -0.25) is 4.79 Å². The number of carbonyl (C=O) groups is 1. The van der Waals surface area contributed by atoms with Gasteiger partial charge in [-0.1, -0.05) is 45.4 Å². The molecule has 0 heterocycles. The topological polar surface area (TPSA) is 52.3 Å². The van der Waals surface area contributed by atoms with E-state index < -0.39 is 6.04 Å². The summed E-state index contributed by atoms with van der Waals surface area (Å²) in [7, 11) is 0. The standard InChI is InChI=1S/C15H31NO2S/c1-3-5-6-7-8-9-10-12-19-13-11-14(16)15(17)18-4-2/h14H,3-13,16H2,1-2H3. The van der Waals surface area contributed by atoms with E-state index >= 15 is 0 Å². The summed E-state index contributed by atoms with van der Waals surface area (Å²) in [6, 6.07) is -0.443. The lowest BCUT2D eigenvalue weighted by Crippen LogP contribution is -2.32. The Morgan fingerprint density at radius 2 is 1.68 bits per heavy atom. The Morgan fingerprint density at radius 3 is 2.32 bits per heavy atom. The van der Waals surface area contributed by atoms with E-state index in [1.165, 1.54) is 50.7 Å². The van der Waals surface area contributed by atoms with E-state index in [2.05, 4.69) is 6.92 Å². The maximum Gasteiger partial charge on any atom is 0.322 e. The van der Waals surface area contributed by atoms with Crippen LogP contribution in [0.5, 0.6) is 0 Å². The van der Waals surface area contributed by atoms with E-state index in [-0.39, 0.29) is 5.97 Å². The monoisotopic (exact) mass is 289 g/mol. The molecule has 0 radical (unpaired) electrons. The maximum atomic E-state index is 11.3. The molecule has 0 amide bonds. The fourth-order valence-electron chi connectivity index (χ4n) is 1.84. The summed E-state index contributed by atoms with van der Waals surface area (Å²) in [5.74, 6) is 1.87. The van der Waals surface area contributed by atoms with Crippen LogP contribution in [0.25, 0.3) is 0 Å². The molecule has 0 aliphatic heterocycles. The van der Waals surface area contributed by atoms with Gasteiger partial charge in [0.1, 0.15) is 6.04 Å². The molecular formula is C15H31NO2S. The number of thioether (sulfide) groups is 1. The first-order valence-electron chi connectivity index (χ1n) is 7.72. The lowest BCUT2D eigenvalue weighted by atomic mass is 10.1. The van der Waals surface area contributed by atoms with Crippen molar-refractivity contribution in [3.8, 4) is 0 Å². The van der Waals surface area contributed by atoms with Crippen LogP contribution in [0.3, 0.4) is 0 Å². The van der Waals surface area contributed by atoms with Crippen LogP contribution in [0, 0.1) is 0 Å². The number of ether oxygens (including phenoxy) is 1. The molecule has 0 aromatic rings. The molecule has 114 valence electrons. The molecule has 3 nitrogen and oxygen atoms in total. The fraction of sp³-hybridized carbons (Fsp3) is 0.933. The Bertz CT molecular complexity index is 212. The summed E-state index contributed by atoms with van der Waals surface area (Å²) in [4.78, 5) is 11.3. The SMILES string of the molecule is CCCCCCCCCSCCC(N)C(=O)OCC. The van der Waals surface area contributed by atoms with Crippen LogP contribution in [0.15, 0.2) is 0 Å². The normalized spacial score (nSPS) is 12.4. The second-order valence-electron chi connectivity index (χ2n) is 4.88. The van der Waals surface area contributed by atoms with Gasteiger partial charge in [-0.15, -0.1) is 0 Å². The minimum atomic E-state index is -0.443. The van der Waals surface area contributed by atoms with Crippen molar-refractivity contribution in [2.75, 3.05) is 18.1 Å². The third-order valence-electron chi connectivity index (χ3n) is 3.05. The first kappa shape index (κ1) is 18.8. The zero-order valence-electron chi connectivity index (χ0n) is 12.7. The second kappa shape index (κ2) is 14.2. The van der Waals surface area contributed by atoms with Crippen molar-refractivity contribution in [1.82, 2.24) is 0 Å². The van der Waals surface area contributed by atoms with E-state index in [9.17, 15) is 4.79 Å². The molecule has 1 atom stereocenters. The Morgan fingerprint density at radius 1 is 1.05 bits per heavy atom. The largest absolute Gasteiger partial charge is 0.465 e. The van der Waals surface area contributed by atoms with Crippen molar-refractivity contribution in [3.63, 3.8) is 0 Å².